The maximum Gasteiger partial charge on any atom is 0.308 e. The summed E-state index contributed by atoms with van der Waals surface area (Å²) in [6.45, 7) is 10.6. The lowest BCUT2D eigenvalue weighted by Gasteiger charge is -2.23. The molecule has 0 spiro atoms. The van der Waals surface area contributed by atoms with Crippen LogP contribution in [0.3, 0.4) is 0 Å². The molecule has 2 N–H and O–H groups in total. The first-order valence-corrected chi connectivity index (χ1v) is 6.97. The molecule has 20 heavy (non-hydrogen) atoms. The van der Waals surface area contributed by atoms with Crippen LogP contribution in [-0.2, 0) is 4.79 Å². The highest BCUT2D eigenvalue weighted by Gasteiger charge is 2.24. The van der Waals surface area contributed by atoms with Crippen molar-refractivity contribution in [3.63, 3.8) is 0 Å². The van der Waals surface area contributed by atoms with Gasteiger partial charge in [-0.25, -0.2) is 9.97 Å². The van der Waals surface area contributed by atoms with Crippen molar-refractivity contribution in [1.82, 2.24) is 9.97 Å². The lowest BCUT2D eigenvalue weighted by Crippen LogP contribution is -2.27. The maximum absolute atomic E-state index is 11.3. The number of aliphatic carboxylic acids is 1. The van der Waals surface area contributed by atoms with Crippen LogP contribution in [0.25, 0.3) is 0 Å². The molecule has 5 nitrogen and oxygen atoms in total. The molecule has 0 amide bonds. The predicted octanol–water partition coefficient (Wildman–Crippen LogP) is 3.15. The summed E-state index contributed by atoms with van der Waals surface area (Å²) < 4.78 is 0. The Labute approximate surface area is 120 Å². The first kappa shape index (κ1) is 16.4. The van der Waals surface area contributed by atoms with E-state index in [4.69, 9.17) is 0 Å². The van der Waals surface area contributed by atoms with Crippen molar-refractivity contribution in [3.05, 3.63) is 18.1 Å². The zero-order valence-electron chi connectivity index (χ0n) is 13.0. The normalized spacial score (nSPS) is 13.3. The van der Waals surface area contributed by atoms with Crippen molar-refractivity contribution in [2.45, 2.75) is 47.0 Å². The number of carbonyl (C=O) groups is 1. The second-order valence-electron chi connectivity index (χ2n) is 6.66. The summed E-state index contributed by atoms with van der Waals surface area (Å²) in [7, 11) is 0. The Morgan fingerprint density at radius 3 is 2.50 bits per heavy atom. The third kappa shape index (κ3) is 5.55. The molecular formula is C15H25N3O2. The van der Waals surface area contributed by atoms with E-state index >= 15 is 0 Å². The maximum atomic E-state index is 11.3. The second kappa shape index (κ2) is 6.68. The average Bonchev–Trinajstić information content (AvgIpc) is 2.33. The van der Waals surface area contributed by atoms with Gasteiger partial charge >= 0.3 is 5.97 Å². The minimum absolute atomic E-state index is 0.0144. The third-order valence-electron chi connectivity index (χ3n) is 3.02. The van der Waals surface area contributed by atoms with Gasteiger partial charge in [-0.3, -0.25) is 4.79 Å². The summed E-state index contributed by atoms with van der Waals surface area (Å²) in [6, 6.07) is 1.88. The molecule has 0 saturated carbocycles. The highest BCUT2D eigenvalue weighted by Crippen LogP contribution is 2.25. The van der Waals surface area contributed by atoms with Crippen LogP contribution in [-0.4, -0.2) is 27.6 Å². The van der Waals surface area contributed by atoms with Crippen molar-refractivity contribution in [2.24, 2.45) is 11.3 Å². The van der Waals surface area contributed by atoms with E-state index in [1.165, 1.54) is 6.33 Å². The summed E-state index contributed by atoms with van der Waals surface area (Å²) in [5.41, 5.74) is 0.935. The van der Waals surface area contributed by atoms with E-state index in [1.807, 2.05) is 26.8 Å². The van der Waals surface area contributed by atoms with Crippen LogP contribution in [0, 0.1) is 11.3 Å². The van der Waals surface area contributed by atoms with E-state index in [9.17, 15) is 9.90 Å². The lowest BCUT2D eigenvalue weighted by molar-refractivity contribution is -0.142. The molecule has 1 heterocycles. The van der Waals surface area contributed by atoms with Crippen molar-refractivity contribution < 1.29 is 9.90 Å². The zero-order valence-corrected chi connectivity index (χ0v) is 13.0. The summed E-state index contributed by atoms with van der Waals surface area (Å²) in [6.07, 6.45) is 2.13. The van der Waals surface area contributed by atoms with Crippen LogP contribution in [0.4, 0.5) is 5.82 Å². The fourth-order valence-electron chi connectivity index (χ4n) is 2.00. The van der Waals surface area contributed by atoms with Gasteiger partial charge in [0.1, 0.15) is 12.1 Å². The molecule has 0 aromatic carbocycles. The van der Waals surface area contributed by atoms with Crippen molar-refractivity contribution in [3.8, 4) is 0 Å². The predicted molar refractivity (Wildman–Crippen MR) is 79.8 cm³/mol. The molecule has 0 aliphatic heterocycles. The lowest BCUT2D eigenvalue weighted by atomic mass is 9.84. The Morgan fingerprint density at radius 1 is 1.35 bits per heavy atom. The minimum Gasteiger partial charge on any atom is -0.481 e. The molecule has 0 saturated heterocycles. The van der Waals surface area contributed by atoms with Gasteiger partial charge in [-0.15, -0.1) is 0 Å². The third-order valence-corrected chi connectivity index (χ3v) is 3.02. The molecule has 0 aliphatic carbocycles. The molecule has 112 valence electrons. The number of carboxylic acids is 1. The standard InChI is InChI=1S/C15H25N3O2/c1-10(2)12-6-13(18-9-17-12)16-8-11(14(19)20)7-15(3,4)5/h6,9-11H,7-8H2,1-5H3,(H,19,20)(H,16,17,18). The van der Waals surface area contributed by atoms with Crippen molar-refractivity contribution in [2.75, 3.05) is 11.9 Å². The highest BCUT2D eigenvalue weighted by atomic mass is 16.4. The van der Waals surface area contributed by atoms with Gasteiger partial charge in [-0.05, 0) is 17.8 Å². The van der Waals surface area contributed by atoms with Gasteiger partial charge in [-0.1, -0.05) is 34.6 Å². The number of nitrogens with one attached hydrogen (secondary N) is 1. The summed E-state index contributed by atoms with van der Waals surface area (Å²) in [4.78, 5) is 19.6. The van der Waals surface area contributed by atoms with Crippen LogP contribution in [0.2, 0.25) is 0 Å². The van der Waals surface area contributed by atoms with E-state index in [-0.39, 0.29) is 5.41 Å². The van der Waals surface area contributed by atoms with E-state index < -0.39 is 11.9 Å². The molecule has 0 fully saturated rings. The van der Waals surface area contributed by atoms with Gasteiger partial charge < -0.3 is 10.4 Å². The van der Waals surface area contributed by atoms with Gasteiger partial charge in [0, 0.05) is 18.3 Å². The van der Waals surface area contributed by atoms with Gasteiger partial charge in [-0.2, -0.15) is 0 Å². The minimum atomic E-state index is -0.773. The number of aromatic nitrogens is 2. The van der Waals surface area contributed by atoms with E-state index in [1.54, 1.807) is 0 Å². The Kier molecular flexibility index (Phi) is 5.48. The molecule has 1 rings (SSSR count). The second-order valence-corrected chi connectivity index (χ2v) is 6.66. The number of anilines is 1. The number of carboxylic acid groups (broad SMARTS) is 1. The fraction of sp³-hybridized carbons (Fsp3) is 0.667. The Morgan fingerprint density at radius 2 is 2.00 bits per heavy atom. The van der Waals surface area contributed by atoms with Gasteiger partial charge in [0.25, 0.3) is 0 Å². The summed E-state index contributed by atoms with van der Waals surface area (Å²) in [5, 5.41) is 12.4. The molecule has 1 atom stereocenters. The van der Waals surface area contributed by atoms with E-state index in [2.05, 4.69) is 29.1 Å². The number of hydrogen-bond donors (Lipinski definition) is 2. The van der Waals surface area contributed by atoms with Gasteiger partial charge in [0.2, 0.25) is 0 Å². The van der Waals surface area contributed by atoms with Crippen LogP contribution >= 0.6 is 0 Å². The van der Waals surface area contributed by atoms with Gasteiger partial charge in [0.05, 0.1) is 5.92 Å². The molecule has 0 radical (unpaired) electrons. The first-order valence-electron chi connectivity index (χ1n) is 6.97. The quantitative estimate of drug-likeness (QED) is 0.836. The molecule has 0 aliphatic rings. The van der Waals surface area contributed by atoms with E-state index in [0.29, 0.717) is 24.7 Å². The molecule has 1 unspecified atom stereocenters. The largest absolute Gasteiger partial charge is 0.481 e. The van der Waals surface area contributed by atoms with Crippen molar-refractivity contribution in [1.29, 1.82) is 0 Å². The number of hydrogen-bond acceptors (Lipinski definition) is 4. The first-order chi connectivity index (χ1) is 9.19. The van der Waals surface area contributed by atoms with Crippen LogP contribution in [0.15, 0.2) is 12.4 Å². The number of nitrogens with zero attached hydrogens (tertiary/aromatic N) is 2. The van der Waals surface area contributed by atoms with Gasteiger partial charge in [0.15, 0.2) is 0 Å². The van der Waals surface area contributed by atoms with Crippen LogP contribution in [0.1, 0.15) is 52.7 Å². The monoisotopic (exact) mass is 279 g/mol. The average molecular weight is 279 g/mol. The molecule has 1 aromatic heterocycles. The summed E-state index contributed by atoms with van der Waals surface area (Å²) in [5.74, 6) is -0.190. The Balaban J connectivity index is 2.68. The topological polar surface area (TPSA) is 75.1 Å². The molecule has 5 heteroatoms. The SMILES string of the molecule is CC(C)c1cc(NCC(CC(C)(C)C)C(=O)O)ncn1. The molecule has 1 aromatic rings. The fourth-order valence-corrected chi connectivity index (χ4v) is 2.00. The molecule has 0 bridgehead atoms. The number of rotatable bonds is 6. The molecular weight excluding hydrogens is 254 g/mol. The zero-order chi connectivity index (χ0) is 15.3. The Bertz CT molecular complexity index is 453. The smallest absolute Gasteiger partial charge is 0.308 e. The van der Waals surface area contributed by atoms with E-state index in [0.717, 1.165) is 5.69 Å². The summed E-state index contributed by atoms with van der Waals surface area (Å²) >= 11 is 0. The highest BCUT2D eigenvalue weighted by molar-refractivity contribution is 5.70. The van der Waals surface area contributed by atoms with Crippen LogP contribution < -0.4 is 5.32 Å². The van der Waals surface area contributed by atoms with Crippen molar-refractivity contribution >= 4 is 11.8 Å². The Hall–Kier alpha value is -1.65. The van der Waals surface area contributed by atoms with Crippen LogP contribution in [0.5, 0.6) is 0 Å².